The first-order valence-corrected chi connectivity index (χ1v) is 5.01. The minimum Gasteiger partial charge on any atom is -0.396 e. The predicted octanol–water partition coefficient (Wildman–Crippen LogP) is 3.55. The topological polar surface area (TPSA) is 21.6 Å². The summed E-state index contributed by atoms with van der Waals surface area (Å²) in [5, 5.41) is 4.78. The van der Waals surface area contributed by atoms with Crippen molar-refractivity contribution in [2.75, 3.05) is 6.61 Å². The van der Waals surface area contributed by atoms with Crippen molar-refractivity contribution < 1.29 is 4.84 Å². The highest BCUT2D eigenvalue weighted by Crippen LogP contribution is 2.18. The predicted molar refractivity (Wildman–Crippen MR) is 59.1 cm³/mol. The van der Waals surface area contributed by atoms with E-state index in [0.717, 1.165) is 12.0 Å². The van der Waals surface area contributed by atoms with Gasteiger partial charge in [-0.05, 0) is 18.6 Å². The maximum absolute atomic E-state index is 5.89. The molecule has 0 aromatic heterocycles. The Morgan fingerprint density at radius 2 is 2.36 bits per heavy atom. The third-order valence-corrected chi connectivity index (χ3v) is 2.00. The van der Waals surface area contributed by atoms with Crippen LogP contribution in [0.3, 0.4) is 0 Å². The molecule has 0 aliphatic carbocycles. The lowest BCUT2D eigenvalue weighted by molar-refractivity contribution is 0.146. The van der Waals surface area contributed by atoms with E-state index < -0.39 is 0 Å². The Balaban J connectivity index is 2.62. The highest BCUT2D eigenvalue weighted by molar-refractivity contribution is 6.36. The van der Waals surface area contributed by atoms with Crippen LogP contribution >= 0.6 is 23.2 Å². The molecule has 1 rings (SSSR count). The van der Waals surface area contributed by atoms with Crippen molar-refractivity contribution in [3.63, 3.8) is 0 Å². The van der Waals surface area contributed by atoms with Crippen molar-refractivity contribution in [3.8, 4) is 0 Å². The van der Waals surface area contributed by atoms with E-state index in [9.17, 15) is 0 Å². The van der Waals surface area contributed by atoms with Crippen LogP contribution in [-0.2, 0) is 4.84 Å². The summed E-state index contributed by atoms with van der Waals surface area (Å²) in [6, 6.07) is 6.10. The lowest BCUT2D eigenvalue weighted by Crippen LogP contribution is -1.87. The molecule has 0 heterocycles. The van der Waals surface area contributed by atoms with Gasteiger partial charge in [-0.25, -0.2) is 0 Å². The Labute approximate surface area is 93.5 Å². The fourth-order valence-corrected chi connectivity index (χ4v) is 1.22. The second kappa shape index (κ2) is 5.89. The van der Waals surface area contributed by atoms with Gasteiger partial charge in [0.1, 0.15) is 6.61 Å². The van der Waals surface area contributed by atoms with Gasteiger partial charge in [0.05, 0.1) is 11.2 Å². The molecule has 2 nitrogen and oxygen atoms in total. The number of nitrogens with zero attached hydrogens (tertiary/aromatic N) is 1. The van der Waals surface area contributed by atoms with E-state index in [0.29, 0.717) is 16.7 Å². The van der Waals surface area contributed by atoms with Crippen LogP contribution in [0.2, 0.25) is 10.0 Å². The normalized spacial score (nSPS) is 10.8. The van der Waals surface area contributed by atoms with Crippen LogP contribution in [0.25, 0.3) is 0 Å². The minimum absolute atomic E-state index is 0.488. The van der Waals surface area contributed by atoms with Crippen molar-refractivity contribution in [1.29, 1.82) is 0 Å². The van der Waals surface area contributed by atoms with Crippen LogP contribution in [0.5, 0.6) is 0 Å². The molecule has 0 spiro atoms. The third-order valence-electron chi connectivity index (χ3n) is 1.46. The first-order chi connectivity index (χ1) is 6.74. The Morgan fingerprint density at radius 3 is 3.00 bits per heavy atom. The highest BCUT2D eigenvalue weighted by atomic mass is 35.5. The van der Waals surface area contributed by atoms with Gasteiger partial charge in [-0.2, -0.15) is 0 Å². The quantitative estimate of drug-likeness (QED) is 0.441. The molecule has 4 heteroatoms. The van der Waals surface area contributed by atoms with Crippen LogP contribution in [0, 0.1) is 6.07 Å². The van der Waals surface area contributed by atoms with Crippen molar-refractivity contribution in [1.82, 2.24) is 0 Å². The Kier molecular flexibility index (Phi) is 4.77. The first kappa shape index (κ1) is 11.3. The van der Waals surface area contributed by atoms with E-state index in [4.69, 9.17) is 28.0 Å². The van der Waals surface area contributed by atoms with Crippen molar-refractivity contribution in [3.05, 3.63) is 33.8 Å². The van der Waals surface area contributed by atoms with Crippen LogP contribution in [-0.4, -0.2) is 12.8 Å². The lowest BCUT2D eigenvalue weighted by Gasteiger charge is -1.98. The lowest BCUT2D eigenvalue weighted by atomic mass is 10.2. The number of oxime groups is 1. The number of hydrogen-bond donors (Lipinski definition) is 0. The molecule has 1 aromatic rings. The summed E-state index contributed by atoms with van der Waals surface area (Å²) in [7, 11) is 0. The number of halogens is 2. The molecule has 0 amide bonds. The molecule has 0 atom stereocenters. The summed E-state index contributed by atoms with van der Waals surface area (Å²) < 4.78 is 0. The van der Waals surface area contributed by atoms with Gasteiger partial charge in [0, 0.05) is 16.7 Å². The molecule has 0 aliphatic heterocycles. The van der Waals surface area contributed by atoms with Crippen LogP contribution in [0.1, 0.15) is 18.9 Å². The van der Waals surface area contributed by atoms with Gasteiger partial charge in [-0.3, -0.25) is 0 Å². The number of benzene rings is 1. The second-order valence-electron chi connectivity index (χ2n) is 2.65. The van der Waals surface area contributed by atoms with E-state index >= 15 is 0 Å². The van der Waals surface area contributed by atoms with E-state index in [1.165, 1.54) is 0 Å². The molecule has 0 bridgehead atoms. The fourth-order valence-electron chi connectivity index (χ4n) is 0.789. The third kappa shape index (κ3) is 3.56. The Morgan fingerprint density at radius 1 is 1.57 bits per heavy atom. The largest absolute Gasteiger partial charge is 0.396 e. The molecular formula is C10H10Cl2NO. The van der Waals surface area contributed by atoms with Gasteiger partial charge < -0.3 is 4.84 Å². The van der Waals surface area contributed by atoms with Gasteiger partial charge >= 0.3 is 0 Å². The molecule has 0 saturated carbocycles. The molecule has 75 valence electrons. The van der Waals surface area contributed by atoms with Crippen molar-refractivity contribution in [2.24, 2.45) is 5.16 Å². The molecule has 1 radical (unpaired) electrons. The summed E-state index contributed by atoms with van der Waals surface area (Å²) in [5.74, 6) is 0. The van der Waals surface area contributed by atoms with Crippen molar-refractivity contribution >= 4 is 29.4 Å². The maximum Gasteiger partial charge on any atom is 0.116 e. The molecule has 0 saturated heterocycles. The first-order valence-electron chi connectivity index (χ1n) is 4.26. The van der Waals surface area contributed by atoms with Crippen LogP contribution in [0.15, 0.2) is 17.3 Å². The van der Waals surface area contributed by atoms with Gasteiger partial charge in [-0.15, -0.1) is 0 Å². The van der Waals surface area contributed by atoms with Gasteiger partial charge in [0.2, 0.25) is 0 Å². The van der Waals surface area contributed by atoms with Gasteiger partial charge in [0.15, 0.2) is 0 Å². The molecule has 0 unspecified atom stereocenters. The smallest absolute Gasteiger partial charge is 0.116 e. The molecule has 1 aromatic carbocycles. The van der Waals surface area contributed by atoms with Crippen LogP contribution in [0.4, 0.5) is 0 Å². The fraction of sp³-hybridized carbons (Fsp3) is 0.300. The zero-order valence-electron chi connectivity index (χ0n) is 7.76. The molecule has 0 aliphatic rings. The van der Waals surface area contributed by atoms with E-state index in [2.05, 4.69) is 11.2 Å². The summed E-state index contributed by atoms with van der Waals surface area (Å²) >= 11 is 11.6. The van der Waals surface area contributed by atoms with Crippen LogP contribution < -0.4 is 0 Å². The SMILES string of the molecule is CCCON=Cc1c[c]c(Cl)cc1Cl. The Hall–Kier alpha value is -0.730. The molecule has 14 heavy (non-hydrogen) atoms. The van der Waals surface area contributed by atoms with E-state index in [-0.39, 0.29) is 0 Å². The molecular weight excluding hydrogens is 221 g/mol. The average molecular weight is 231 g/mol. The average Bonchev–Trinajstić information content (AvgIpc) is 2.15. The molecule has 0 fully saturated rings. The Bertz CT molecular complexity index is 326. The summed E-state index contributed by atoms with van der Waals surface area (Å²) in [4.78, 5) is 4.94. The zero-order valence-corrected chi connectivity index (χ0v) is 9.27. The standard InChI is InChI=1S/C10H10Cl2NO/c1-2-5-14-13-7-8-3-4-9(11)6-10(8)12/h3,6-7H,2,5H2,1H3. The minimum atomic E-state index is 0.488. The van der Waals surface area contributed by atoms with E-state index in [1.54, 1.807) is 18.3 Å². The summed E-state index contributed by atoms with van der Waals surface area (Å²) in [6.07, 6.45) is 2.47. The maximum atomic E-state index is 5.89. The van der Waals surface area contributed by atoms with Gasteiger partial charge in [0.25, 0.3) is 0 Å². The van der Waals surface area contributed by atoms with E-state index in [1.807, 2.05) is 6.92 Å². The number of hydrogen-bond acceptors (Lipinski definition) is 2. The number of rotatable bonds is 4. The molecule has 0 N–H and O–H groups in total. The summed E-state index contributed by atoms with van der Waals surface area (Å²) in [6.45, 7) is 2.62. The summed E-state index contributed by atoms with van der Waals surface area (Å²) in [5.41, 5.74) is 0.743. The van der Waals surface area contributed by atoms with Crippen molar-refractivity contribution in [2.45, 2.75) is 13.3 Å². The zero-order chi connectivity index (χ0) is 10.4. The van der Waals surface area contributed by atoms with Gasteiger partial charge in [-0.1, -0.05) is 35.3 Å². The second-order valence-corrected chi connectivity index (χ2v) is 3.47. The monoisotopic (exact) mass is 230 g/mol. The highest BCUT2D eigenvalue weighted by Gasteiger charge is 1.98.